The van der Waals surface area contributed by atoms with E-state index in [-0.39, 0.29) is 12.3 Å². The summed E-state index contributed by atoms with van der Waals surface area (Å²) in [5.41, 5.74) is 2.54. The standard InChI is InChI=1S/C25H30ClN5O3/c1-3-30-13-15-31(16-14-30)22-10-7-19(26)17-21(22)27-23(32)11-12-24-28-25(29-34-24)18-5-8-20(9-6-18)33-4-2/h5-10,17H,3-4,11-16H2,1-2H3,(H,27,32). The minimum absolute atomic E-state index is 0.128. The van der Waals surface area contributed by atoms with E-state index in [0.29, 0.717) is 29.8 Å². The Morgan fingerprint density at radius 3 is 2.59 bits per heavy atom. The molecule has 0 bridgehead atoms. The summed E-state index contributed by atoms with van der Waals surface area (Å²) >= 11 is 6.23. The summed E-state index contributed by atoms with van der Waals surface area (Å²) in [5, 5.41) is 7.64. The Hall–Kier alpha value is -3.10. The van der Waals surface area contributed by atoms with Gasteiger partial charge in [-0.3, -0.25) is 4.79 Å². The number of nitrogens with one attached hydrogen (secondary N) is 1. The van der Waals surface area contributed by atoms with Gasteiger partial charge in [0.05, 0.1) is 18.0 Å². The molecule has 1 amide bonds. The first-order valence-corrected chi connectivity index (χ1v) is 12.1. The average molecular weight is 484 g/mol. The Bertz CT molecular complexity index is 1090. The molecule has 0 radical (unpaired) electrons. The number of hydrogen-bond donors (Lipinski definition) is 1. The lowest BCUT2D eigenvalue weighted by Crippen LogP contribution is -2.46. The number of anilines is 2. The summed E-state index contributed by atoms with van der Waals surface area (Å²) in [4.78, 5) is 21.8. The Kier molecular flexibility index (Phi) is 8.03. The molecule has 0 atom stereocenters. The van der Waals surface area contributed by atoms with Crippen LogP contribution in [0.3, 0.4) is 0 Å². The van der Waals surface area contributed by atoms with Crippen molar-refractivity contribution in [1.82, 2.24) is 15.0 Å². The molecule has 0 aliphatic carbocycles. The number of rotatable bonds is 9. The van der Waals surface area contributed by atoms with Crippen LogP contribution in [-0.4, -0.2) is 60.3 Å². The molecule has 1 N–H and O–H groups in total. The van der Waals surface area contributed by atoms with Gasteiger partial charge in [0.15, 0.2) is 0 Å². The lowest BCUT2D eigenvalue weighted by molar-refractivity contribution is -0.116. The molecule has 2 aromatic carbocycles. The van der Waals surface area contributed by atoms with Crippen LogP contribution in [0.2, 0.25) is 5.02 Å². The van der Waals surface area contributed by atoms with Crippen molar-refractivity contribution in [2.24, 2.45) is 0 Å². The van der Waals surface area contributed by atoms with Gasteiger partial charge in [0.2, 0.25) is 17.6 Å². The van der Waals surface area contributed by atoms with Crippen LogP contribution in [0.1, 0.15) is 26.2 Å². The molecule has 1 aromatic heterocycles. The summed E-state index contributed by atoms with van der Waals surface area (Å²) in [6.45, 7) is 9.60. The highest BCUT2D eigenvalue weighted by Crippen LogP contribution is 2.30. The second-order valence-electron chi connectivity index (χ2n) is 8.10. The number of amides is 1. The zero-order valence-electron chi connectivity index (χ0n) is 19.6. The number of likely N-dealkylation sites (N-methyl/N-ethyl adjacent to an activating group) is 1. The van der Waals surface area contributed by atoms with E-state index < -0.39 is 0 Å². The van der Waals surface area contributed by atoms with Gasteiger partial charge in [-0.15, -0.1) is 0 Å². The van der Waals surface area contributed by atoms with E-state index in [1.54, 1.807) is 6.07 Å². The molecular weight excluding hydrogens is 454 g/mol. The summed E-state index contributed by atoms with van der Waals surface area (Å²) < 4.78 is 10.8. The second-order valence-corrected chi connectivity index (χ2v) is 8.54. The third kappa shape index (κ3) is 6.07. The zero-order chi connectivity index (χ0) is 23.9. The van der Waals surface area contributed by atoms with Crippen LogP contribution in [0, 0.1) is 0 Å². The van der Waals surface area contributed by atoms with Crippen molar-refractivity contribution in [3.63, 3.8) is 0 Å². The molecule has 3 aromatic rings. The van der Waals surface area contributed by atoms with E-state index in [1.165, 1.54) is 0 Å². The first kappa shape index (κ1) is 24.0. The van der Waals surface area contributed by atoms with E-state index in [1.807, 2.05) is 43.3 Å². The highest BCUT2D eigenvalue weighted by atomic mass is 35.5. The molecule has 180 valence electrons. The third-order valence-corrected chi connectivity index (χ3v) is 6.09. The number of hydrogen-bond acceptors (Lipinski definition) is 7. The molecule has 34 heavy (non-hydrogen) atoms. The third-order valence-electron chi connectivity index (χ3n) is 5.85. The highest BCUT2D eigenvalue weighted by Gasteiger charge is 2.20. The van der Waals surface area contributed by atoms with Crippen molar-refractivity contribution in [2.45, 2.75) is 26.7 Å². The number of benzene rings is 2. The van der Waals surface area contributed by atoms with E-state index >= 15 is 0 Å². The topological polar surface area (TPSA) is 83.7 Å². The minimum atomic E-state index is -0.128. The molecule has 0 spiro atoms. The Morgan fingerprint density at radius 2 is 1.88 bits per heavy atom. The fourth-order valence-electron chi connectivity index (χ4n) is 3.96. The predicted octanol–water partition coefficient (Wildman–Crippen LogP) is 4.50. The van der Waals surface area contributed by atoms with Gasteiger partial charge in [0.1, 0.15) is 5.75 Å². The first-order chi connectivity index (χ1) is 16.6. The van der Waals surface area contributed by atoms with Gasteiger partial charge in [-0.05, 0) is 55.9 Å². The van der Waals surface area contributed by atoms with E-state index in [0.717, 1.165) is 55.4 Å². The van der Waals surface area contributed by atoms with Crippen molar-refractivity contribution in [3.05, 3.63) is 53.4 Å². The molecule has 1 saturated heterocycles. The number of halogens is 1. The monoisotopic (exact) mass is 483 g/mol. The largest absolute Gasteiger partial charge is 0.494 e. The SMILES string of the molecule is CCOc1ccc(-c2noc(CCC(=O)Nc3cc(Cl)ccc3N3CCN(CC)CC3)n2)cc1. The van der Waals surface area contributed by atoms with E-state index in [2.05, 4.69) is 32.2 Å². The minimum Gasteiger partial charge on any atom is -0.494 e. The van der Waals surface area contributed by atoms with Crippen LogP contribution in [0.5, 0.6) is 5.75 Å². The smallest absolute Gasteiger partial charge is 0.227 e. The van der Waals surface area contributed by atoms with Crippen LogP contribution < -0.4 is 15.0 Å². The van der Waals surface area contributed by atoms with Crippen molar-refractivity contribution >= 4 is 28.9 Å². The van der Waals surface area contributed by atoms with Gasteiger partial charge in [0, 0.05) is 49.6 Å². The van der Waals surface area contributed by atoms with Gasteiger partial charge < -0.3 is 24.4 Å². The predicted molar refractivity (Wildman–Crippen MR) is 134 cm³/mol. The molecule has 2 heterocycles. The van der Waals surface area contributed by atoms with Gasteiger partial charge in [-0.1, -0.05) is 23.7 Å². The highest BCUT2D eigenvalue weighted by molar-refractivity contribution is 6.31. The fraction of sp³-hybridized carbons (Fsp3) is 0.400. The van der Waals surface area contributed by atoms with Gasteiger partial charge in [0.25, 0.3) is 0 Å². The quantitative estimate of drug-likeness (QED) is 0.479. The Morgan fingerprint density at radius 1 is 1.12 bits per heavy atom. The molecule has 4 rings (SSSR count). The number of aromatic nitrogens is 2. The molecule has 8 nitrogen and oxygen atoms in total. The Labute approximate surface area is 204 Å². The number of carbonyl (C=O) groups excluding carboxylic acids is 1. The maximum Gasteiger partial charge on any atom is 0.227 e. The number of nitrogens with zero attached hydrogens (tertiary/aromatic N) is 4. The van der Waals surface area contributed by atoms with Crippen LogP contribution in [0.15, 0.2) is 47.0 Å². The summed E-state index contributed by atoms with van der Waals surface area (Å²) in [7, 11) is 0. The van der Waals surface area contributed by atoms with Gasteiger partial charge in [-0.2, -0.15) is 4.98 Å². The van der Waals surface area contributed by atoms with Crippen LogP contribution in [0.25, 0.3) is 11.4 Å². The second kappa shape index (κ2) is 11.4. The first-order valence-electron chi connectivity index (χ1n) is 11.7. The fourth-order valence-corrected chi connectivity index (χ4v) is 4.13. The zero-order valence-corrected chi connectivity index (χ0v) is 20.3. The summed E-state index contributed by atoms with van der Waals surface area (Å²) in [5.74, 6) is 1.57. The number of ether oxygens (including phenoxy) is 1. The molecule has 0 saturated carbocycles. The number of piperazine rings is 1. The van der Waals surface area contributed by atoms with Crippen molar-refractivity contribution in [2.75, 3.05) is 49.5 Å². The molecule has 0 unspecified atom stereocenters. The lowest BCUT2D eigenvalue weighted by Gasteiger charge is -2.36. The number of aryl methyl sites for hydroxylation is 1. The van der Waals surface area contributed by atoms with Gasteiger partial charge >= 0.3 is 0 Å². The molecule has 1 aliphatic rings. The maximum atomic E-state index is 12.7. The molecule has 1 fully saturated rings. The van der Waals surface area contributed by atoms with Gasteiger partial charge in [-0.25, -0.2) is 0 Å². The number of carbonyl (C=O) groups is 1. The normalized spacial score (nSPS) is 14.3. The van der Waals surface area contributed by atoms with Crippen LogP contribution >= 0.6 is 11.6 Å². The maximum absolute atomic E-state index is 12.7. The molecule has 9 heteroatoms. The average Bonchev–Trinajstić information content (AvgIpc) is 3.33. The molecular formula is C25H30ClN5O3. The summed E-state index contributed by atoms with van der Waals surface area (Å²) in [6, 6.07) is 13.1. The van der Waals surface area contributed by atoms with Crippen LogP contribution in [0.4, 0.5) is 11.4 Å². The van der Waals surface area contributed by atoms with Crippen molar-refractivity contribution in [3.8, 4) is 17.1 Å². The Balaban J connectivity index is 1.35. The summed E-state index contributed by atoms with van der Waals surface area (Å²) in [6.07, 6.45) is 0.571. The van der Waals surface area contributed by atoms with Crippen molar-refractivity contribution in [1.29, 1.82) is 0 Å². The van der Waals surface area contributed by atoms with Crippen molar-refractivity contribution < 1.29 is 14.1 Å². The van der Waals surface area contributed by atoms with E-state index in [9.17, 15) is 4.79 Å². The van der Waals surface area contributed by atoms with E-state index in [4.69, 9.17) is 20.9 Å². The molecule has 1 aliphatic heterocycles. The lowest BCUT2D eigenvalue weighted by atomic mass is 10.2. The van der Waals surface area contributed by atoms with Crippen LogP contribution in [-0.2, 0) is 11.2 Å².